The minimum atomic E-state index is -0.983. The molecule has 4 nitrogen and oxygen atoms in total. The zero-order valence-corrected chi connectivity index (χ0v) is 14.6. The summed E-state index contributed by atoms with van der Waals surface area (Å²) in [4.78, 5) is 27.3. The maximum Gasteiger partial charge on any atom is 0.282 e. The molecule has 0 fully saturated rings. The summed E-state index contributed by atoms with van der Waals surface area (Å²) >= 11 is 1.29. The van der Waals surface area contributed by atoms with E-state index in [-0.39, 0.29) is 17.0 Å². The lowest BCUT2D eigenvalue weighted by Gasteiger charge is -2.16. The topological polar surface area (TPSA) is 49.4 Å². The number of imide groups is 1. The van der Waals surface area contributed by atoms with Crippen LogP contribution in [0.2, 0.25) is 0 Å². The summed E-state index contributed by atoms with van der Waals surface area (Å²) < 4.78 is 27.5. The van der Waals surface area contributed by atoms with Gasteiger partial charge in [0.1, 0.15) is 17.3 Å². The van der Waals surface area contributed by atoms with Crippen LogP contribution >= 0.6 is 11.3 Å². The number of carbonyl (C=O) groups excluding carboxylic acids is 2. The summed E-state index contributed by atoms with van der Waals surface area (Å²) in [5.74, 6) is -3.13. The lowest BCUT2D eigenvalue weighted by molar-refractivity contribution is -0.120. The fourth-order valence-corrected chi connectivity index (χ4v) is 3.61. The highest BCUT2D eigenvalue weighted by molar-refractivity contribution is 7.11. The molecule has 27 heavy (non-hydrogen) atoms. The molecule has 0 atom stereocenters. The standard InChI is InChI=1S/C20H12F2N2O2S/c21-12-8-9-15(14(22)11-12)24-19(25)17(16-7-4-10-27-16)18(20(24)26)23-13-5-2-1-3-6-13/h1-11,23H. The summed E-state index contributed by atoms with van der Waals surface area (Å²) in [5.41, 5.74) is 0.536. The average Bonchev–Trinajstić information content (AvgIpc) is 3.25. The van der Waals surface area contributed by atoms with Gasteiger partial charge in [-0.1, -0.05) is 24.3 Å². The van der Waals surface area contributed by atoms with E-state index in [0.29, 0.717) is 16.6 Å². The largest absolute Gasteiger partial charge is 0.350 e. The lowest BCUT2D eigenvalue weighted by atomic mass is 10.2. The molecule has 0 spiro atoms. The van der Waals surface area contributed by atoms with Crippen molar-refractivity contribution in [3.8, 4) is 0 Å². The SMILES string of the molecule is O=C1C(Nc2ccccc2)=C(c2cccs2)C(=O)N1c1ccc(F)cc1F. The van der Waals surface area contributed by atoms with Crippen molar-refractivity contribution in [1.29, 1.82) is 0 Å². The van der Waals surface area contributed by atoms with Crippen LogP contribution in [0.3, 0.4) is 0 Å². The molecule has 7 heteroatoms. The van der Waals surface area contributed by atoms with Gasteiger partial charge >= 0.3 is 0 Å². The molecule has 3 aromatic rings. The number of halogens is 2. The summed E-state index contributed by atoms with van der Waals surface area (Å²) in [5, 5.41) is 4.75. The highest BCUT2D eigenvalue weighted by Gasteiger charge is 2.41. The number of benzene rings is 2. The van der Waals surface area contributed by atoms with Crippen LogP contribution in [0.4, 0.5) is 20.2 Å². The first-order valence-corrected chi connectivity index (χ1v) is 8.88. The second-order valence-corrected chi connectivity index (χ2v) is 6.71. The third kappa shape index (κ3) is 3.02. The van der Waals surface area contributed by atoms with Crippen molar-refractivity contribution in [2.45, 2.75) is 0 Å². The van der Waals surface area contributed by atoms with Gasteiger partial charge in [-0.15, -0.1) is 11.3 Å². The van der Waals surface area contributed by atoms with Gasteiger partial charge in [0.2, 0.25) is 0 Å². The van der Waals surface area contributed by atoms with Crippen molar-refractivity contribution in [2.24, 2.45) is 0 Å². The molecule has 2 aromatic carbocycles. The summed E-state index contributed by atoms with van der Waals surface area (Å²) in [6.45, 7) is 0. The van der Waals surface area contributed by atoms with Gasteiger partial charge in [-0.05, 0) is 35.7 Å². The molecule has 1 N–H and O–H groups in total. The predicted molar refractivity (Wildman–Crippen MR) is 100 cm³/mol. The molecular formula is C20H12F2N2O2S. The van der Waals surface area contributed by atoms with Crippen LogP contribution in [0.25, 0.3) is 5.57 Å². The second-order valence-electron chi connectivity index (χ2n) is 5.76. The van der Waals surface area contributed by atoms with Gasteiger partial charge in [0, 0.05) is 16.6 Å². The van der Waals surface area contributed by atoms with Gasteiger partial charge in [-0.3, -0.25) is 9.59 Å². The molecule has 0 radical (unpaired) electrons. The molecule has 0 unspecified atom stereocenters. The second kappa shape index (κ2) is 6.77. The fourth-order valence-electron chi connectivity index (χ4n) is 2.84. The number of amides is 2. The van der Waals surface area contributed by atoms with E-state index in [1.165, 1.54) is 11.3 Å². The molecule has 2 amide bonds. The first kappa shape index (κ1) is 17.1. The summed E-state index contributed by atoms with van der Waals surface area (Å²) in [6.07, 6.45) is 0. The average molecular weight is 382 g/mol. The Bertz CT molecular complexity index is 1060. The third-order valence-electron chi connectivity index (χ3n) is 4.05. The molecule has 0 saturated carbocycles. The van der Waals surface area contributed by atoms with E-state index in [4.69, 9.17) is 0 Å². The molecule has 1 aromatic heterocycles. The Morgan fingerprint density at radius 1 is 0.889 bits per heavy atom. The number of anilines is 2. The van der Waals surface area contributed by atoms with Gasteiger partial charge in [0.25, 0.3) is 11.8 Å². The predicted octanol–water partition coefficient (Wildman–Crippen LogP) is 4.42. The number of nitrogens with one attached hydrogen (secondary N) is 1. The summed E-state index contributed by atoms with van der Waals surface area (Å²) in [6, 6.07) is 15.1. The van der Waals surface area contributed by atoms with Crippen molar-refractivity contribution >= 4 is 40.1 Å². The number of hydrogen-bond donors (Lipinski definition) is 1. The van der Waals surface area contributed by atoms with Crippen molar-refractivity contribution in [1.82, 2.24) is 0 Å². The summed E-state index contributed by atoms with van der Waals surface area (Å²) in [7, 11) is 0. The van der Waals surface area contributed by atoms with E-state index in [1.807, 2.05) is 6.07 Å². The number of carbonyl (C=O) groups is 2. The van der Waals surface area contributed by atoms with Crippen LogP contribution in [0.5, 0.6) is 0 Å². The van der Waals surface area contributed by atoms with Crippen molar-refractivity contribution in [3.63, 3.8) is 0 Å². The number of rotatable bonds is 4. The van der Waals surface area contributed by atoms with E-state index < -0.39 is 23.4 Å². The van der Waals surface area contributed by atoms with Gasteiger partial charge in [-0.25, -0.2) is 13.7 Å². The third-order valence-corrected chi connectivity index (χ3v) is 4.93. The first-order valence-electron chi connectivity index (χ1n) is 8.00. The lowest BCUT2D eigenvalue weighted by Crippen LogP contribution is -2.33. The zero-order valence-electron chi connectivity index (χ0n) is 13.8. The monoisotopic (exact) mass is 382 g/mol. The maximum absolute atomic E-state index is 14.3. The van der Waals surface area contributed by atoms with E-state index in [9.17, 15) is 18.4 Å². The van der Waals surface area contributed by atoms with Crippen LogP contribution in [0.1, 0.15) is 4.88 Å². The Morgan fingerprint density at radius 3 is 2.33 bits per heavy atom. The minimum Gasteiger partial charge on any atom is -0.350 e. The van der Waals surface area contributed by atoms with Crippen molar-refractivity contribution < 1.29 is 18.4 Å². The number of hydrogen-bond acceptors (Lipinski definition) is 4. The Balaban J connectivity index is 1.82. The number of nitrogens with zero attached hydrogens (tertiary/aromatic N) is 1. The van der Waals surface area contributed by atoms with E-state index in [0.717, 1.165) is 17.0 Å². The molecule has 2 heterocycles. The molecule has 0 saturated heterocycles. The van der Waals surface area contributed by atoms with E-state index in [1.54, 1.807) is 41.8 Å². The van der Waals surface area contributed by atoms with Gasteiger partial charge in [0.05, 0.1) is 11.3 Å². The molecule has 134 valence electrons. The molecular weight excluding hydrogens is 370 g/mol. The van der Waals surface area contributed by atoms with Crippen molar-refractivity contribution in [2.75, 3.05) is 10.2 Å². The number of thiophene rings is 1. The molecule has 0 aliphatic carbocycles. The van der Waals surface area contributed by atoms with Crippen LogP contribution in [-0.2, 0) is 9.59 Å². The Kier molecular flexibility index (Phi) is 4.29. The quantitative estimate of drug-likeness (QED) is 0.680. The van der Waals surface area contributed by atoms with E-state index in [2.05, 4.69) is 5.32 Å². The van der Waals surface area contributed by atoms with Gasteiger partial charge in [-0.2, -0.15) is 0 Å². The smallest absolute Gasteiger partial charge is 0.282 e. The molecule has 4 rings (SSSR count). The number of para-hydroxylation sites is 1. The van der Waals surface area contributed by atoms with Gasteiger partial charge < -0.3 is 5.32 Å². The Hall–Kier alpha value is -3.32. The zero-order chi connectivity index (χ0) is 19.0. The van der Waals surface area contributed by atoms with Crippen LogP contribution in [0, 0.1) is 11.6 Å². The maximum atomic E-state index is 14.3. The molecule has 1 aliphatic rings. The van der Waals surface area contributed by atoms with Crippen LogP contribution < -0.4 is 10.2 Å². The normalized spacial score (nSPS) is 14.2. The Labute approximate surface area is 157 Å². The first-order chi connectivity index (χ1) is 13.1. The van der Waals surface area contributed by atoms with Crippen molar-refractivity contribution in [3.05, 3.63) is 88.3 Å². The van der Waals surface area contributed by atoms with Crippen LogP contribution in [-0.4, -0.2) is 11.8 Å². The molecule has 1 aliphatic heterocycles. The Morgan fingerprint density at radius 2 is 1.67 bits per heavy atom. The highest BCUT2D eigenvalue weighted by Crippen LogP contribution is 2.36. The minimum absolute atomic E-state index is 0.0531. The van der Waals surface area contributed by atoms with Gasteiger partial charge in [0.15, 0.2) is 0 Å². The fraction of sp³-hybridized carbons (Fsp3) is 0. The van der Waals surface area contributed by atoms with Crippen LogP contribution in [0.15, 0.2) is 71.7 Å². The highest BCUT2D eigenvalue weighted by atomic mass is 32.1. The van der Waals surface area contributed by atoms with E-state index >= 15 is 0 Å². The molecule has 0 bridgehead atoms.